The number of nitrogens with zero attached hydrogens (tertiary/aromatic N) is 3. The van der Waals surface area contributed by atoms with E-state index in [0.717, 1.165) is 18.8 Å². The molecule has 0 radical (unpaired) electrons. The third kappa shape index (κ3) is 4.04. The summed E-state index contributed by atoms with van der Waals surface area (Å²) < 4.78 is 21.2. The molecular formula is C19H24FN3O3. The number of piperidine rings is 1. The molecule has 2 heterocycles. The van der Waals surface area contributed by atoms with Crippen LogP contribution in [0.4, 0.5) is 4.39 Å². The molecule has 6 nitrogen and oxygen atoms in total. The molecule has 1 aliphatic rings. The molecule has 0 bridgehead atoms. The largest absolute Gasteiger partial charge is 0.478 e. The van der Waals surface area contributed by atoms with Gasteiger partial charge in [-0.2, -0.15) is 0 Å². The van der Waals surface area contributed by atoms with Gasteiger partial charge >= 0.3 is 5.97 Å². The fraction of sp³-hybridized carbons (Fsp3) is 0.474. The van der Waals surface area contributed by atoms with E-state index in [1.54, 1.807) is 12.3 Å². The molecule has 1 aliphatic heterocycles. The average Bonchev–Trinajstić information content (AvgIpc) is 3.04. The van der Waals surface area contributed by atoms with Crippen molar-refractivity contribution in [2.45, 2.75) is 44.9 Å². The van der Waals surface area contributed by atoms with E-state index >= 15 is 0 Å². The number of hydrogen-bond acceptors (Lipinski definition) is 4. The average molecular weight is 361 g/mol. The van der Waals surface area contributed by atoms with Gasteiger partial charge in [-0.25, -0.2) is 14.2 Å². The number of aromatic nitrogens is 2. The zero-order chi connectivity index (χ0) is 18.6. The van der Waals surface area contributed by atoms with E-state index in [2.05, 4.69) is 21.4 Å². The molecule has 1 aromatic heterocycles. The molecule has 0 amide bonds. The number of ether oxygens (including phenoxy) is 1. The van der Waals surface area contributed by atoms with Crippen molar-refractivity contribution in [3.63, 3.8) is 0 Å². The minimum Gasteiger partial charge on any atom is -0.478 e. The number of carbonyl (C=O) groups is 1. The number of likely N-dealkylation sites (tertiary alicyclic amines) is 1. The van der Waals surface area contributed by atoms with Crippen LogP contribution in [0.2, 0.25) is 0 Å². The molecule has 1 saturated heterocycles. The van der Waals surface area contributed by atoms with Crippen LogP contribution in [-0.2, 0) is 17.9 Å². The second-order valence-electron chi connectivity index (χ2n) is 6.67. The normalized spacial score (nSPS) is 17.2. The highest BCUT2D eigenvalue weighted by molar-refractivity contribution is 5.78. The monoisotopic (exact) mass is 361 g/mol. The van der Waals surface area contributed by atoms with Gasteiger partial charge in [0.25, 0.3) is 0 Å². The first-order valence-electron chi connectivity index (χ1n) is 8.93. The maximum absolute atomic E-state index is 13.4. The van der Waals surface area contributed by atoms with Crippen molar-refractivity contribution in [3.05, 3.63) is 48.3 Å². The van der Waals surface area contributed by atoms with Gasteiger partial charge < -0.3 is 14.4 Å². The van der Waals surface area contributed by atoms with Gasteiger partial charge in [0.15, 0.2) is 0 Å². The Morgan fingerprint density at radius 2 is 2.15 bits per heavy atom. The summed E-state index contributed by atoms with van der Waals surface area (Å²) in [5, 5.41) is 9.72. The van der Waals surface area contributed by atoms with E-state index in [1.807, 2.05) is 6.20 Å². The fourth-order valence-corrected chi connectivity index (χ4v) is 3.32. The van der Waals surface area contributed by atoms with Gasteiger partial charge in [0, 0.05) is 50.9 Å². The van der Waals surface area contributed by atoms with Crippen LogP contribution in [0.1, 0.15) is 32.0 Å². The Bertz CT molecular complexity index is 754. The number of aliphatic carboxylic acids is 1. The van der Waals surface area contributed by atoms with Crippen molar-refractivity contribution in [2.24, 2.45) is 0 Å². The van der Waals surface area contributed by atoms with Gasteiger partial charge in [-0.05, 0) is 18.6 Å². The van der Waals surface area contributed by atoms with E-state index in [0.29, 0.717) is 32.5 Å². The smallest absolute Gasteiger partial charge is 0.348 e. The number of rotatable bonds is 7. The molecule has 0 unspecified atom stereocenters. The lowest BCUT2D eigenvalue weighted by molar-refractivity contribution is -0.160. The molecule has 26 heavy (non-hydrogen) atoms. The van der Waals surface area contributed by atoms with E-state index in [9.17, 15) is 14.3 Å². The minimum absolute atomic E-state index is 0.249. The van der Waals surface area contributed by atoms with Crippen molar-refractivity contribution in [3.8, 4) is 5.75 Å². The summed E-state index contributed by atoms with van der Waals surface area (Å²) in [6.07, 6.45) is 5.48. The summed E-state index contributed by atoms with van der Waals surface area (Å²) in [5.74, 6) is -0.211. The summed E-state index contributed by atoms with van der Waals surface area (Å²) >= 11 is 0. The third-order valence-electron chi connectivity index (χ3n) is 4.79. The Kier molecular flexibility index (Phi) is 5.56. The minimum atomic E-state index is -1.32. The summed E-state index contributed by atoms with van der Waals surface area (Å²) in [5.41, 5.74) is -1.32. The van der Waals surface area contributed by atoms with Crippen molar-refractivity contribution < 1.29 is 19.0 Å². The van der Waals surface area contributed by atoms with E-state index in [4.69, 9.17) is 4.74 Å². The predicted octanol–water partition coefficient (Wildman–Crippen LogP) is 2.93. The Morgan fingerprint density at radius 1 is 1.38 bits per heavy atom. The lowest BCUT2D eigenvalue weighted by Crippen LogP contribution is -2.53. The number of aryl methyl sites for hydroxylation is 1. The first-order chi connectivity index (χ1) is 12.5. The van der Waals surface area contributed by atoms with E-state index < -0.39 is 17.4 Å². The maximum atomic E-state index is 13.4. The van der Waals surface area contributed by atoms with Crippen LogP contribution in [0.25, 0.3) is 0 Å². The van der Waals surface area contributed by atoms with Crippen LogP contribution >= 0.6 is 0 Å². The van der Waals surface area contributed by atoms with Crippen LogP contribution in [0.3, 0.4) is 0 Å². The van der Waals surface area contributed by atoms with Crippen LogP contribution in [0, 0.1) is 5.82 Å². The van der Waals surface area contributed by atoms with Crippen molar-refractivity contribution in [2.75, 3.05) is 13.1 Å². The zero-order valence-electron chi connectivity index (χ0n) is 14.9. The molecule has 3 rings (SSSR count). The summed E-state index contributed by atoms with van der Waals surface area (Å²) in [4.78, 5) is 18.5. The maximum Gasteiger partial charge on any atom is 0.348 e. The molecule has 7 heteroatoms. The molecule has 0 spiro atoms. The van der Waals surface area contributed by atoms with E-state index in [1.165, 1.54) is 18.2 Å². The van der Waals surface area contributed by atoms with Gasteiger partial charge in [-0.1, -0.05) is 13.0 Å². The van der Waals surface area contributed by atoms with Crippen molar-refractivity contribution in [1.29, 1.82) is 0 Å². The molecule has 1 aromatic carbocycles. The molecule has 0 saturated carbocycles. The number of benzene rings is 1. The number of carboxylic acids is 1. The molecular weight excluding hydrogens is 337 g/mol. The first-order valence-corrected chi connectivity index (χ1v) is 8.93. The standard InChI is InChI=1S/C19H24FN3O3/c1-2-9-23-12-8-21-17(23)14-22-10-6-19(7-11-22,18(24)25)26-16-5-3-4-15(20)13-16/h3-5,8,12-13H,2,6-7,9-11,14H2,1H3,(H,24,25). The summed E-state index contributed by atoms with van der Waals surface area (Å²) in [7, 11) is 0. The number of carboxylic acid groups (broad SMARTS) is 1. The number of imidazole rings is 1. The highest BCUT2D eigenvalue weighted by atomic mass is 19.1. The van der Waals surface area contributed by atoms with Gasteiger partial charge in [0.05, 0.1) is 6.54 Å². The quantitative estimate of drug-likeness (QED) is 0.821. The summed E-state index contributed by atoms with van der Waals surface area (Å²) in [6, 6.07) is 5.63. The second kappa shape index (κ2) is 7.86. The molecule has 2 aromatic rings. The lowest BCUT2D eigenvalue weighted by Gasteiger charge is -2.38. The van der Waals surface area contributed by atoms with Crippen LogP contribution in [0.5, 0.6) is 5.75 Å². The van der Waals surface area contributed by atoms with Crippen LogP contribution in [0.15, 0.2) is 36.7 Å². The van der Waals surface area contributed by atoms with Crippen LogP contribution in [-0.4, -0.2) is 44.2 Å². The molecule has 1 N–H and O–H groups in total. The van der Waals surface area contributed by atoms with Gasteiger partial charge in [0.2, 0.25) is 5.60 Å². The second-order valence-corrected chi connectivity index (χ2v) is 6.67. The van der Waals surface area contributed by atoms with Gasteiger partial charge in [-0.15, -0.1) is 0 Å². The van der Waals surface area contributed by atoms with Crippen LogP contribution < -0.4 is 4.74 Å². The molecule has 0 atom stereocenters. The number of hydrogen-bond donors (Lipinski definition) is 1. The Labute approximate surface area is 152 Å². The Balaban J connectivity index is 1.65. The highest BCUT2D eigenvalue weighted by Crippen LogP contribution is 2.30. The Morgan fingerprint density at radius 3 is 2.81 bits per heavy atom. The highest BCUT2D eigenvalue weighted by Gasteiger charge is 2.44. The SMILES string of the molecule is CCCn1ccnc1CN1CCC(Oc2cccc(F)c2)(C(=O)O)CC1. The molecule has 140 valence electrons. The summed E-state index contributed by atoms with van der Waals surface area (Å²) in [6.45, 7) is 4.89. The molecule has 0 aliphatic carbocycles. The van der Waals surface area contributed by atoms with Crippen molar-refractivity contribution >= 4 is 5.97 Å². The topological polar surface area (TPSA) is 67.6 Å². The first kappa shape index (κ1) is 18.4. The third-order valence-corrected chi connectivity index (χ3v) is 4.79. The number of halogens is 1. The molecule has 1 fully saturated rings. The van der Waals surface area contributed by atoms with Gasteiger partial charge in [0.1, 0.15) is 17.4 Å². The van der Waals surface area contributed by atoms with E-state index in [-0.39, 0.29) is 5.75 Å². The zero-order valence-corrected chi connectivity index (χ0v) is 14.9. The lowest BCUT2D eigenvalue weighted by atomic mass is 9.91. The fourth-order valence-electron chi connectivity index (χ4n) is 3.32. The predicted molar refractivity (Wildman–Crippen MR) is 94.4 cm³/mol. The Hall–Kier alpha value is -2.41. The van der Waals surface area contributed by atoms with Crippen molar-refractivity contribution in [1.82, 2.24) is 14.5 Å². The van der Waals surface area contributed by atoms with Gasteiger partial charge in [-0.3, -0.25) is 4.90 Å².